The first kappa shape index (κ1) is 24.7. The minimum atomic E-state index is -3.38. The predicted octanol–water partition coefficient (Wildman–Crippen LogP) is 9.32. The van der Waals surface area contributed by atoms with Gasteiger partial charge in [-0.3, -0.25) is 0 Å². The summed E-state index contributed by atoms with van der Waals surface area (Å²) in [7, 11) is 0. The Morgan fingerprint density at radius 2 is 1.40 bits per heavy atom. The molecular weight excluding hydrogens is 459 g/mol. The molecule has 4 aromatic rings. The lowest BCUT2D eigenvalue weighted by atomic mass is 9.96. The van der Waals surface area contributed by atoms with Crippen molar-refractivity contribution in [1.29, 1.82) is 0 Å². The van der Waals surface area contributed by atoms with E-state index in [9.17, 15) is 17.6 Å². The Balaban J connectivity index is 1.60. The predicted molar refractivity (Wildman–Crippen MR) is 129 cm³/mol. The van der Waals surface area contributed by atoms with Crippen LogP contribution in [0.15, 0.2) is 66.7 Å². The van der Waals surface area contributed by atoms with Crippen LogP contribution in [0.1, 0.15) is 38.2 Å². The number of hydrogen-bond donors (Lipinski definition) is 0. The number of rotatable bonds is 9. The van der Waals surface area contributed by atoms with Crippen LogP contribution in [0.5, 0.6) is 5.75 Å². The van der Waals surface area contributed by atoms with Crippen molar-refractivity contribution < 1.29 is 26.7 Å². The second-order valence-corrected chi connectivity index (χ2v) is 8.52. The van der Waals surface area contributed by atoms with Gasteiger partial charge >= 0.3 is 6.61 Å². The van der Waals surface area contributed by atoms with Gasteiger partial charge in [-0.1, -0.05) is 74.7 Å². The number of alkyl halides is 2. The van der Waals surface area contributed by atoms with Crippen LogP contribution in [0.2, 0.25) is 0 Å². The molecule has 0 saturated carbocycles. The first-order chi connectivity index (χ1) is 16.9. The molecule has 0 amide bonds. The average Bonchev–Trinajstić information content (AvgIpc) is 2.84. The Kier molecular flexibility index (Phi) is 7.69. The molecule has 0 fully saturated rings. The summed E-state index contributed by atoms with van der Waals surface area (Å²) in [4.78, 5) is 0. The van der Waals surface area contributed by atoms with Crippen LogP contribution in [0, 0.1) is 17.5 Å². The van der Waals surface area contributed by atoms with Crippen LogP contribution in [0.25, 0.3) is 33.0 Å². The van der Waals surface area contributed by atoms with Gasteiger partial charge in [0.05, 0.1) is 0 Å². The summed E-state index contributed by atoms with van der Waals surface area (Å²) < 4.78 is 72.2. The number of benzene rings is 4. The first-order valence-electron chi connectivity index (χ1n) is 11.6. The summed E-state index contributed by atoms with van der Waals surface area (Å²) in [6, 6.07) is 18.3. The standard InChI is InChI=1S/C29H25F5O/c1-2-3-4-5-6-18-7-9-19(10-8-18)20-11-13-23-21(15-20)12-14-24(27(23)32)22-16-25(30)28(26(31)17-22)35-29(33)34/h7-17,29H,2-6H2,1H3. The van der Waals surface area contributed by atoms with Crippen molar-refractivity contribution in [3.63, 3.8) is 0 Å². The van der Waals surface area contributed by atoms with Gasteiger partial charge in [0.15, 0.2) is 17.4 Å². The van der Waals surface area contributed by atoms with E-state index < -0.39 is 29.8 Å². The first-order valence-corrected chi connectivity index (χ1v) is 11.6. The Labute approximate surface area is 201 Å². The summed E-state index contributed by atoms with van der Waals surface area (Å²) >= 11 is 0. The third kappa shape index (κ3) is 5.64. The van der Waals surface area contributed by atoms with Crippen molar-refractivity contribution in [3.8, 4) is 28.0 Å². The Morgan fingerprint density at radius 1 is 0.714 bits per heavy atom. The molecule has 0 bridgehead atoms. The second-order valence-electron chi connectivity index (χ2n) is 8.52. The van der Waals surface area contributed by atoms with Crippen molar-refractivity contribution in [2.45, 2.75) is 45.6 Å². The van der Waals surface area contributed by atoms with Gasteiger partial charge in [-0.15, -0.1) is 0 Å². The van der Waals surface area contributed by atoms with Crippen LogP contribution >= 0.6 is 0 Å². The maximum atomic E-state index is 15.3. The normalized spacial score (nSPS) is 11.4. The van der Waals surface area contributed by atoms with Crippen LogP contribution in [0.3, 0.4) is 0 Å². The minimum Gasteiger partial charge on any atom is -0.429 e. The molecule has 4 rings (SSSR count). The fourth-order valence-electron chi connectivity index (χ4n) is 4.23. The monoisotopic (exact) mass is 484 g/mol. The number of fused-ring (bicyclic) bond motifs is 1. The lowest BCUT2D eigenvalue weighted by Crippen LogP contribution is -2.06. The van der Waals surface area contributed by atoms with Gasteiger partial charge in [0, 0.05) is 10.9 Å². The number of aryl methyl sites for hydroxylation is 1. The summed E-state index contributed by atoms with van der Waals surface area (Å²) in [5, 5.41) is 0.915. The lowest BCUT2D eigenvalue weighted by molar-refractivity contribution is -0.0546. The SMILES string of the molecule is CCCCCCc1ccc(-c2ccc3c(F)c(-c4cc(F)c(OC(F)F)c(F)c4)ccc3c2)cc1. The second kappa shape index (κ2) is 10.9. The molecular formula is C29H25F5O. The topological polar surface area (TPSA) is 9.23 Å². The van der Waals surface area contributed by atoms with E-state index in [0.717, 1.165) is 29.7 Å². The summed E-state index contributed by atoms with van der Waals surface area (Å²) in [6.07, 6.45) is 5.89. The van der Waals surface area contributed by atoms with Crippen LogP contribution in [0.4, 0.5) is 22.0 Å². The van der Waals surface area contributed by atoms with Gasteiger partial charge in [-0.05, 0) is 58.7 Å². The number of unbranched alkanes of at least 4 members (excludes halogenated alkanes) is 3. The zero-order chi connectivity index (χ0) is 24.9. The average molecular weight is 485 g/mol. The van der Waals surface area contributed by atoms with Crippen molar-refractivity contribution in [2.24, 2.45) is 0 Å². The largest absolute Gasteiger partial charge is 0.429 e. The van der Waals surface area contributed by atoms with E-state index in [2.05, 4.69) is 35.9 Å². The molecule has 0 aliphatic rings. The molecule has 0 aliphatic carbocycles. The van der Waals surface area contributed by atoms with Crippen molar-refractivity contribution >= 4 is 10.8 Å². The fraction of sp³-hybridized carbons (Fsp3) is 0.241. The van der Waals surface area contributed by atoms with Crippen LogP contribution in [-0.4, -0.2) is 6.61 Å². The molecule has 1 nitrogen and oxygen atoms in total. The Bertz CT molecular complexity index is 1290. The maximum absolute atomic E-state index is 15.3. The smallest absolute Gasteiger partial charge is 0.387 e. The van der Waals surface area contributed by atoms with E-state index in [4.69, 9.17) is 0 Å². The maximum Gasteiger partial charge on any atom is 0.387 e. The van der Waals surface area contributed by atoms with Gasteiger partial charge in [0.1, 0.15) is 5.82 Å². The van der Waals surface area contributed by atoms with E-state index in [-0.39, 0.29) is 16.5 Å². The highest BCUT2D eigenvalue weighted by atomic mass is 19.3. The highest BCUT2D eigenvalue weighted by molar-refractivity contribution is 5.91. The molecule has 182 valence electrons. The third-order valence-electron chi connectivity index (χ3n) is 6.08. The molecule has 0 aromatic heterocycles. The van der Waals surface area contributed by atoms with Crippen molar-refractivity contribution in [1.82, 2.24) is 0 Å². The molecule has 0 N–H and O–H groups in total. The number of halogens is 5. The van der Waals surface area contributed by atoms with E-state index >= 15 is 4.39 Å². The van der Waals surface area contributed by atoms with E-state index in [1.807, 2.05) is 6.07 Å². The lowest BCUT2D eigenvalue weighted by Gasteiger charge is -2.12. The van der Waals surface area contributed by atoms with Crippen molar-refractivity contribution in [2.75, 3.05) is 0 Å². The van der Waals surface area contributed by atoms with Gasteiger partial charge < -0.3 is 4.74 Å². The van der Waals surface area contributed by atoms with Crippen molar-refractivity contribution in [3.05, 3.63) is 89.7 Å². The zero-order valence-corrected chi connectivity index (χ0v) is 19.3. The molecule has 0 heterocycles. The number of ether oxygens (including phenoxy) is 1. The molecule has 6 heteroatoms. The molecule has 0 saturated heterocycles. The molecule has 0 radical (unpaired) electrons. The van der Waals surface area contributed by atoms with E-state index in [0.29, 0.717) is 5.39 Å². The number of hydrogen-bond acceptors (Lipinski definition) is 1. The highest BCUT2D eigenvalue weighted by Gasteiger charge is 2.19. The molecule has 0 atom stereocenters. The minimum absolute atomic E-state index is 0.0425. The van der Waals surface area contributed by atoms with Gasteiger partial charge in [0.25, 0.3) is 0 Å². The molecule has 0 aliphatic heterocycles. The third-order valence-corrected chi connectivity index (χ3v) is 6.08. The Hall–Kier alpha value is -3.41. The molecule has 0 spiro atoms. The zero-order valence-electron chi connectivity index (χ0n) is 19.3. The Morgan fingerprint density at radius 3 is 2.06 bits per heavy atom. The van der Waals surface area contributed by atoms with Gasteiger partial charge in [-0.2, -0.15) is 8.78 Å². The van der Waals surface area contributed by atoms with E-state index in [1.165, 1.54) is 37.3 Å². The molecule has 35 heavy (non-hydrogen) atoms. The summed E-state index contributed by atoms with van der Waals surface area (Å²) in [6.45, 7) is -1.19. The highest BCUT2D eigenvalue weighted by Crippen LogP contribution is 2.35. The van der Waals surface area contributed by atoms with Gasteiger partial charge in [-0.25, -0.2) is 13.2 Å². The fourth-order valence-corrected chi connectivity index (χ4v) is 4.23. The van der Waals surface area contributed by atoms with Gasteiger partial charge in [0.2, 0.25) is 0 Å². The summed E-state index contributed by atoms with van der Waals surface area (Å²) in [5.41, 5.74) is 3.06. The van der Waals surface area contributed by atoms with Crippen LogP contribution < -0.4 is 4.74 Å². The molecule has 0 unspecified atom stereocenters. The summed E-state index contributed by atoms with van der Waals surface area (Å²) in [5.74, 6) is -4.51. The van der Waals surface area contributed by atoms with Crippen LogP contribution in [-0.2, 0) is 6.42 Å². The quantitative estimate of drug-likeness (QED) is 0.170. The van der Waals surface area contributed by atoms with E-state index in [1.54, 1.807) is 18.2 Å². The molecule has 4 aromatic carbocycles.